The molecule has 6 heteroatoms. The van der Waals surface area contributed by atoms with Crippen molar-refractivity contribution in [2.75, 3.05) is 13.1 Å². The number of nitrogens with zero attached hydrogens (tertiary/aromatic N) is 1. The van der Waals surface area contributed by atoms with Crippen molar-refractivity contribution in [3.05, 3.63) is 0 Å². The molecule has 0 aromatic heterocycles. The van der Waals surface area contributed by atoms with Gasteiger partial charge in [0.2, 0.25) is 0 Å². The van der Waals surface area contributed by atoms with Gasteiger partial charge in [0.05, 0.1) is 0 Å². The van der Waals surface area contributed by atoms with Crippen LogP contribution >= 0.6 is 0 Å². The standard InChI is InChI=1S/C12H25N3O2S/c1-10-3-2-8-15(9-10)18(16,17)14-12-6-4-11(13)5-7-12/h10-12,14H,2-9,13H2,1H3. The molecule has 1 atom stereocenters. The molecular formula is C12H25N3O2S. The first-order chi connectivity index (χ1) is 8.47. The third-order valence-corrected chi connectivity index (χ3v) is 5.69. The molecule has 0 aromatic rings. The minimum atomic E-state index is -3.29. The number of rotatable bonds is 3. The fraction of sp³-hybridized carbons (Fsp3) is 1.00. The van der Waals surface area contributed by atoms with E-state index in [1.807, 2.05) is 0 Å². The van der Waals surface area contributed by atoms with Crippen LogP contribution in [0.2, 0.25) is 0 Å². The van der Waals surface area contributed by atoms with Crippen molar-refractivity contribution in [2.24, 2.45) is 11.7 Å². The van der Waals surface area contributed by atoms with Gasteiger partial charge in [0.1, 0.15) is 0 Å². The minimum Gasteiger partial charge on any atom is -0.328 e. The number of hydrogen-bond acceptors (Lipinski definition) is 3. The van der Waals surface area contributed by atoms with E-state index in [1.54, 1.807) is 4.31 Å². The highest BCUT2D eigenvalue weighted by atomic mass is 32.2. The summed E-state index contributed by atoms with van der Waals surface area (Å²) in [6.45, 7) is 3.43. The molecule has 106 valence electrons. The molecular weight excluding hydrogens is 250 g/mol. The highest BCUT2D eigenvalue weighted by Gasteiger charge is 2.30. The Morgan fingerprint density at radius 3 is 2.44 bits per heavy atom. The van der Waals surface area contributed by atoms with Gasteiger partial charge in [-0.15, -0.1) is 0 Å². The molecule has 1 saturated carbocycles. The van der Waals surface area contributed by atoms with Crippen LogP contribution in [0.4, 0.5) is 0 Å². The van der Waals surface area contributed by atoms with Gasteiger partial charge in [-0.1, -0.05) is 6.92 Å². The number of nitrogens with two attached hydrogens (primary N) is 1. The van der Waals surface area contributed by atoms with Gasteiger partial charge < -0.3 is 5.73 Å². The lowest BCUT2D eigenvalue weighted by Crippen LogP contribution is -2.50. The molecule has 1 aliphatic heterocycles. The summed E-state index contributed by atoms with van der Waals surface area (Å²) in [7, 11) is -3.29. The van der Waals surface area contributed by atoms with Gasteiger partial charge in [0.25, 0.3) is 10.2 Å². The largest absolute Gasteiger partial charge is 0.328 e. The molecule has 0 amide bonds. The molecule has 0 spiro atoms. The van der Waals surface area contributed by atoms with E-state index in [0.29, 0.717) is 19.0 Å². The van der Waals surface area contributed by atoms with Gasteiger partial charge in [-0.05, 0) is 44.4 Å². The summed E-state index contributed by atoms with van der Waals surface area (Å²) in [5, 5.41) is 0. The van der Waals surface area contributed by atoms with Crippen molar-refractivity contribution in [1.29, 1.82) is 0 Å². The maximum Gasteiger partial charge on any atom is 0.279 e. The van der Waals surface area contributed by atoms with Crippen LogP contribution in [0.25, 0.3) is 0 Å². The first-order valence-electron chi connectivity index (χ1n) is 7.00. The normalized spacial score (nSPS) is 35.6. The highest BCUT2D eigenvalue weighted by Crippen LogP contribution is 2.21. The van der Waals surface area contributed by atoms with Gasteiger partial charge >= 0.3 is 0 Å². The van der Waals surface area contributed by atoms with Crippen molar-refractivity contribution in [1.82, 2.24) is 9.03 Å². The Balaban J connectivity index is 1.90. The van der Waals surface area contributed by atoms with Gasteiger partial charge in [0, 0.05) is 25.2 Å². The number of piperidine rings is 1. The number of nitrogens with one attached hydrogen (secondary N) is 1. The van der Waals surface area contributed by atoms with E-state index in [0.717, 1.165) is 38.5 Å². The fourth-order valence-corrected chi connectivity index (χ4v) is 4.51. The van der Waals surface area contributed by atoms with Gasteiger partial charge in [-0.2, -0.15) is 17.4 Å². The molecule has 1 heterocycles. The average Bonchev–Trinajstić information content (AvgIpc) is 2.32. The topological polar surface area (TPSA) is 75.4 Å². The Labute approximate surface area is 110 Å². The van der Waals surface area contributed by atoms with Crippen LogP contribution in [-0.4, -0.2) is 37.9 Å². The third kappa shape index (κ3) is 3.66. The fourth-order valence-electron chi connectivity index (χ4n) is 2.89. The lowest BCUT2D eigenvalue weighted by Gasteiger charge is -2.33. The maximum atomic E-state index is 12.3. The van der Waals surface area contributed by atoms with Gasteiger partial charge in [0.15, 0.2) is 0 Å². The van der Waals surface area contributed by atoms with E-state index >= 15 is 0 Å². The predicted molar refractivity (Wildman–Crippen MR) is 72.3 cm³/mol. The third-order valence-electron chi connectivity index (χ3n) is 4.05. The smallest absolute Gasteiger partial charge is 0.279 e. The average molecular weight is 275 g/mol. The second-order valence-electron chi connectivity index (χ2n) is 5.84. The van der Waals surface area contributed by atoms with E-state index in [9.17, 15) is 8.42 Å². The molecule has 0 radical (unpaired) electrons. The van der Waals surface area contributed by atoms with Crippen LogP contribution in [0.5, 0.6) is 0 Å². The molecule has 0 aromatic carbocycles. The maximum absolute atomic E-state index is 12.3. The molecule has 18 heavy (non-hydrogen) atoms. The van der Waals surface area contributed by atoms with E-state index in [-0.39, 0.29) is 12.1 Å². The summed E-state index contributed by atoms with van der Waals surface area (Å²) in [4.78, 5) is 0. The summed E-state index contributed by atoms with van der Waals surface area (Å²) < 4.78 is 29.0. The number of hydrogen-bond donors (Lipinski definition) is 2. The first-order valence-corrected chi connectivity index (χ1v) is 8.44. The van der Waals surface area contributed by atoms with Crippen LogP contribution in [0, 0.1) is 5.92 Å². The SMILES string of the molecule is CC1CCCN(S(=O)(=O)NC2CCC(N)CC2)C1. The molecule has 3 N–H and O–H groups in total. The zero-order valence-corrected chi connectivity index (χ0v) is 12.0. The lowest BCUT2D eigenvalue weighted by molar-refractivity contribution is 0.273. The van der Waals surface area contributed by atoms with Crippen molar-refractivity contribution in [3.63, 3.8) is 0 Å². The molecule has 2 rings (SSSR count). The molecule has 2 aliphatic rings. The molecule has 1 unspecified atom stereocenters. The van der Waals surface area contributed by atoms with E-state index in [4.69, 9.17) is 5.73 Å². The van der Waals surface area contributed by atoms with E-state index in [2.05, 4.69) is 11.6 Å². The first kappa shape index (κ1) is 14.2. The van der Waals surface area contributed by atoms with Crippen LogP contribution in [0.1, 0.15) is 45.4 Å². The summed E-state index contributed by atoms with van der Waals surface area (Å²) in [6, 6.07) is 0.327. The second kappa shape index (κ2) is 5.86. The molecule has 0 bridgehead atoms. The monoisotopic (exact) mass is 275 g/mol. The van der Waals surface area contributed by atoms with Crippen molar-refractivity contribution in [3.8, 4) is 0 Å². The summed E-state index contributed by atoms with van der Waals surface area (Å²) >= 11 is 0. The Bertz CT molecular complexity index is 364. The predicted octanol–water partition coefficient (Wildman–Crippen LogP) is 0.823. The Kier molecular flexibility index (Phi) is 4.64. The Morgan fingerprint density at radius 2 is 1.83 bits per heavy atom. The summed E-state index contributed by atoms with van der Waals surface area (Å²) in [6.07, 6.45) is 5.67. The summed E-state index contributed by atoms with van der Waals surface area (Å²) in [5.74, 6) is 0.468. The zero-order chi connectivity index (χ0) is 13.2. The molecule has 2 fully saturated rings. The summed E-state index contributed by atoms with van der Waals surface area (Å²) in [5.41, 5.74) is 5.83. The van der Waals surface area contributed by atoms with Gasteiger partial charge in [-0.3, -0.25) is 0 Å². The van der Waals surface area contributed by atoms with Crippen molar-refractivity contribution >= 4 is 10.2 Å². The minimum absolute atomic E-state index is 0.0760. The molecule has 1 saturated heterocycles. The molecule has 1 aliphatic carbocycles. The Hall–Kier alpha value is -0.170. The van der Waals surface area contributed by atoms with E-state index < -0.39 is 10.2 Å². The lowest BCUT2D eigenvalue weighted by atomic mass is 9.93. The van der Waals surface area contributed by atoms with Crippen molar-refractivity contribution in [2.45, 2.75) is 57.5 Å². The van der Waals surface area contributed by atoms with Crippen LogP contribution in [0.15, 0.2) is 0 Å². The van der Waals surface area contributed by atoms with E-state index in [1.165, 1.54) is 0 Å². The quantitative estimate of drug-likeness (QED) is 0.801. The molecule has 5 nitrogen and oxygen atoms in total. The second-order valence-corrected chi connectivity index (χ2v) is 7.54. The van der Waals surface area contributed by atoms with Crippen LogP contribution in [0.3, 0.4) is 0 Å². The zero-order valence-electron chi connectivity index (χ0n) is 11.1. The van der Waals surface area contributed by atoms with Crippen LogP contribution < -0.4 is 10.5 Å². The van der Waals surface area contributed by atoms with Gasteiger partial charge in [-0.25, -0.2) is 0 Å². The van der Waals surface area contributed by atoms with Crippen molar-refractivity contribution < 1.29 is 8.42 Å². The highest BCUT2D eigenvalue weighted by molar-refractivity contribution is 7.87. The van der Waals surface area contributed by atoms with Crippen LogP contribution in [-0.2, 0) is 10.2 Å². The Morgan fingerprint density at radius 1 is 1.17 bits per heavy atom.